The highest BCUT2D eigenvalue weighted by molar-refractivity contribution is 9.10. The molecule has 144 valence electrons. The average Bonchev–Trinajstić information content (AvgIpc) is 3.00. The van der Waals surface area contributed by atoms with Gasteiger partial charge in [0, 0.05) is 6.20 Å². The smallest absolute Gasteiger partial charge is 0.223 e. The molecular weight excluding hydrogens is 414 g/mol. The van der Waals surface area contributed by atoms with Gasteiger partial charge in [-0.2, -0.15) is 4.98 Å². The second-order valence-corrected chi connectivity index (χ2v) is 7.03. The van der Waals surface area contributed by atoms with Crippen LogP contribution in [0.4, 0.5) is 5.95 Å². The maximum atomic E-state index is 5.87. The summed E-state index contributed by atoms with van der Waals surface area (Å²) < 4.78 is 19.0. The van der Waals surface area contributed by atoms with Crippen molar-refractivity contribution in [2.45, 2.75) is 26.3 Å². The molecule has 0 bridgehead atoms. The van der Waals surface area contributed by atoms with E-state index in [0.29, 0.717) is 34.1 Å². The molecule has 0 saturated carbocycles. The highest BCUT2D eigenvalue weighted by atomic mass is 79.9. The van der Waals surface area contributed by atoms with Gasteiger partial charge in [-0.3, -0.25) is 4.98 Å². The summed E-state index contributed by atoms with van der Waals surface area (Å²) in [5.74, 6) is 2.02. The molecule has 0 aliphatic rings. The topological polar surface area (TPSA) is 97.3 Å². The predicted octanol–water partition coefficient (Wildman–Crippen LogP) is 3.37. The summed E-state index contributed by atoms with van der Waals surface area (Å²) in [6.45, 7) is 4.67. The standard InChI is InChI=1S/C18H22BrN5O3/c1-9(2)10-7-24(17-13(10)16(19)22-18(20)23-17)8-11-14(26-4)15(27-5)12(25-3)6-21-11/h6-7,9H,8H2,1-5H3,(H2,20,22,23). The van der Waals surface area contributed by atoms with Gasteiger partial charge in [-0.25, -0.2) is 4.98 Å². The van der Waals surface area contributed by atoms with Crippen molar-refractivity contribution in [1.29, 1.82) is 0 Å². The lowest BCUT2D eigenvalue weighted by molar-refractivity contribution is 0.318. The van der Waals surface area contributed by atoms with Gasteiger partial charge >= 0.3 is 0 Å². The lowest BCUT2D eigenvalue weighted by Crippen LogP contribution is -2.07. The van der Waals surface area contributed by atoms with Crippen molar-refractivity contribution in [3.63, 3.8) is 0 Å². The zero-order valence-corrected chi connectivity index (χ0v) is 17.5. The Balaban J connectivity index is 2.18. The van der Waals surface area contributed by atoms with Gasteiger partial charge in [0.1, 0.15) is 15.9 Å². The largest absolute Gasteiger partial charge is 0.491 e. The van der Waals surface area contributed by atoms with Crippen molar-refractivity contribution < 1.29 is 14.2 Å². The number of pyridine rings is 1. The molecule has 0 atom stereocenters. The molecule has 0 aliphatic carbocycles. The number of ether oxygens (including phenoxy) is 3. The molecule has 8 nitrogen and oxygen atoms in total. The minimum atomic E-state index is 0.205. The highest BCUT2D eigenvalue weighted by Gasteiger charge is 2.21. The molecule has 0 saturated heterocycles. The first-order chi connectivity index (χ1) is 12.9. The maximum Gasteiger partial charge on any atom is 0.223 e. The number of aromatic nitrogens is 4. The van der Waals surface area contributed by atoms with Gasteiger partial charge in [-0.1, -0.05) is 13.8 Å². The number of nitrogens with zero attached hydrogens (tertiary/aromatic N) is 4. The lowest BCUT2D eigenvalue weighted by atomic mass is 10.1. The SMILES string of the molecule is COc1cnc(Cn2cc(C(C)C)c3c(Br)nc(N)nc32)c(OC)c1OC. The van der Waals surface area contributed by atoms with E-state index in [-0.39, 0.29) is 11.9 Å². The molecule has 3 aromatic rings. The minimum absolute atomic E-state index is 0.205. The highest BCUT2D eigenvalue weighted by Crippen LogP contribution is 2.39. The first-order valence-corrected chi connectivity index (χ1v) is 9.16. The van der Waals surface area contributed by atoms with E-state index in [1.807, 2.05) is 10.8 Å². The van der Waals surface area contributed by atoms with Crippen LogP contribution in [0, 0.1) is 0 Å². The Morgan fingerprint density at radius 1 is 1.11 bits per heavy atom. The molecule has 27 heavy (non-hydrogen) atoms. The summed E-state index contributed by atoms with van der Waals surface area (Å²) in [6, 6.07) is 0. The Kier molecular flexibility index (Phi) is 5.41. The van der Waals surface area contributed by atoms with E-state index in [4.69, 9.17) is 19.9 Å². The van der Waals surface area contributed by atoms with Crippen molar-refractivity contribution in [1.82, 2.24) is 19.5 Å². The fourth-order valence-corrected chi connectivity index (χ4v) is 3.65. The number of anilines is 1. The van der Waals surface area contributed by atoms with E-state index in [2.05, 4.69) is 44.7 Å². The number of rotatable bonds is 6. The molecule has 0 aliphatic heterocycles. The van der Waals surface area contributed by atoms with Crippen LogP contribution in [0.3, 0.4) is 0 Å². The number of hydrogen-bond donors (Lipinski definition) is 1. The maximum absolute atomic E-state index is 5.87. The minimum Gasteiger partial charge on any atom is -0.491 e. The number of nitrogen functional groups attached to an aromatic ring is 1. The third kappa shape index (κ3) is 3.39. The molecule has 0 unspecified atom stereocenters. The van der Waals surface area contributed by atoms with Crippen LogP contribution in [0.5, 0.6) is 17.2 Å². The first-order valence-electron chi connectivity index (χ1n) is 8.36. The molecule has 0 amide bonds. The summed E-state index contributed by atoms with van der Waals surface area (Å²) in [5.41, 5.74) is 8.41. The number of fused-ring (bicyclic) bond motifs is 1. The van der Waals surface area contributed by atoms with Gasteiger partial charge in [-0.05, 0) is 27.4 Å². The van der Waals surface area contributed by atoms with Crippen molar-refractivity contribution in [2.24, 2.45) is 0 Å². The number of methoxy groups -OCH3 is 3. The normalized spacial score (nSPS) is 11.2. The molecule has 0 aromatic carbocycles. The van der Waals surface area contributed by atoms with E-state index in [0.717, 1.165) is 16.6 Å². The van der Waals surface area contributed by atoms with Gasteiger partial charge in [0.2, 0.25) is 11.7 Å². The number of nitrogens with two attached hydrogens (primary N) is 1. The molecule has 9 heteroatoms. The van der Waals surface area contributed by atoms with E-state index < -0.39 is 0 Å². The lowest BCUT2D eigenvalue weighted by Gasteiger charge is -2.15. The van der Waals surface area contributed by atoms with Crippen molar-refractivity contribution >= 4 is 32.9 Å². The molecule has 2 N–H and O–H groups in total. The van der Waals surface area contributed by atoms with Crippen LogP contribution in [0.25, 0.3) is 11.0 Å². The van der Waals surface area contributed by atoms with Crippen LogP contribution in [0.1, 0.15) is 31.0 Å². The Morgan fingerprint density at radius 2 is 1.81 bits per heavy atom. The molecule has 3 aromatic heterocycles. The first kappa shape index (κ1) is 19.2. The summed E-state index contributed by atoms with van der Waals surface area (Å²) in [4.78, 5) is 13.2. The van der Waals surface area contributed by atoms with Crippen molar-refractivity contribution in [3.8, 4) is 17.2 Å². The van der Waals surface area contributed by atoms with Gasteiger partial charge in [0.25, 0.3) is 0 Å². The van der Waals surface area contributed by atoms with E-state index in [1.165, 1.54) is 0 Å². The van der Waals surface area contributed by atoms with E-state index >= 15 is 0 Å². The predicted molar refractivity (Wildman–Crippen MR) is 107 cm³/mol. The third-order valence-electron chi connectivity index (χ3n) is 4.32. The zero-order valence-electron chi connectivity index (χ0n) is 15.9. The zero-order chi connectivity index (χ0) is 19.7. The Labute approximate surface area is 165 Å². The van der Waals surface area contributed by atoms with Crippen molar-refractivity contribution in [3.05, 3.63) is 28.3 Å². The van der Waals surface area contributed by atoms with Crippen LogP contribution in [0.2, 0.25) is 0 Å². The molecular formula is C18H22BrN5O3. The van der Waals surface area contributed by atoms with Crippen LogP contribution < -0.4 is 19.9 Å². The monoisotopic (exact) mass is 435 g/mol. The van der Waals surface area contributed by atoms with Crippen LogP contribution in [-0.4, -0.2) is 40.8 Å². The average molecular weight is 436 g/mol. The molecule has 3 rings (SSSR count). The Hall–Kier alpha value is -2.55. The number of hydrogen-bond acceptors (Lipinski definition) is 7. The van der Waals surface area contributed by atoms with Crippen LogP contribution in [0.15, 0.2) is 17.0 Å². The molecule has 0 fully saturated rings. The summed E-state index contributed by atoms with van der Waals surface area (Å²) >= 11 is 3.51. The third-order valence-corrected chi connectivity index (χ3v) is 4.89. The van der Waals surface area contributed by atoms with Gasteiger partial charge in [0.05, 0.1) is 39.5 Å². The van der Waals surface area contributed by atoms with Crippen molar-refractivity contribution in [2.75, 3.05) is 27.1 Å². The fourth-order valence-electron chi connectivity index (χ4n) is 3.07. The van der Waals surface area contributed by atoms with Crippen LogP contribution in [-0.2, 0) is 6.54 Å². The van der Waals surface area contributed by atoms with E-state index in [1.54, 1.807) is 27.5 Å². The van der Waals surface area contributed by atoms with Gasteiger partial charge in [-0.15, -0.1) is 0 Å². The van der Waals surface area contributed by atoms with Gasteiger partial charge < -0.3 is 24.5 Å². The van der Waals surface area contributed by atoms with Crippen LogP contribution >= 0.6 is 15.9 Å². The summed E-state index contributed by atoms with van der Waals surface area (Å²) in [7, 11) is 4.70. The molecule has 0 spiro atoms. The second-order valence-electron chi connectivity index (χ2n) is 6.28. The summed E-state index contributed by atoms with van der Waals surface area (Å²) in [5, 5.41) is 0.943. The summed E-state index contributed by atoms with van der Waals surface area (Å²) in [6.07, 6.45) is 3.66. The molecule has 3 heterocycles. The van der Waals surface area contributed by atoms with E-state index in [9.17, 15) is 0 Å². The quantitative estimate of drug-likeness (QED) is 0.592. The van der Waals surface area contributed by atoms with Gasteiger partial charge in [0.15, 0.2) is 11.5 Å². The fraction of sp³-hybridized carbons (Fsp3) is 0.389. The molecule has 0 radical (unpaired) electrons. The second kappa shape index (κ2) is 7.59. The number of halogens is 1. The Bertz CT molecular complexity index is 987. The Morgan fingerprint density at radius 3 is 2.41 bits per heavy atom.